The molecule has 0 spiro atoms. The molecule has 1 fully saturated rings. The van der Waals surface area contributed by atoms with Crippen LogP contribution in [0, 0.1) is 5.92 Å². The molecule has 0 N–H and O–H groups in total. The minimum absolute atomic E-state index is 0.0861. The number of nitrogens with zero attached hydrogens (tertiary/aromatic N) is 3. The Bertz CT molecular complexity index is 948. The van der Waals surface area contributed by atoms with Gasteiger partial charge in [0.1, 0.15) is 5.69 Å². The average Bonchev–Trinajstić information content (AvgIpc) is 3.38. The van der Waals surface area contributed by atoms with Crippen LogP contribution in [-0.4, -0.2) is 33.7 Å². The van der Waals surface area contributed by atoms with E-state index in [1.807, 2.05) is 39.2 Å². The first kappa shape index (κ1) is 18.1. The van der Waals surface area contributed by atoms with E-state index >= 15 is 0 Å². The van der Waals surface area contributed by atoms with Crippen molar-refractivity contribution in [1.82, 2.24) is 14.7 Å². The first-order valence-corrected chi connectivity index (χ1v) is 10.9. The van der Waals surface area contributed by atoms with Crippen molar-refractivity contribution in [3.8, 4) is 10.6 Å². The van der Waals surface area contributed by atoms with Crippen LogP contribution in [0.25, 0.3) is 10.6 Å². The highest BCUT2D eigenvalue weighted by Gasteiger charge is 2.24. The molecule has 1 atom stereocenters. The summed E-state index contributed by atoms with van der Waals surface area (Å²) >= 11 is 3.23. The number of carbonyl (C=O) groups excluding carboxylic acids is 1. The normalized spacial score (nSPS) is 17.2. The predicted molar refractivity (Wildman–Crippen MR) is 109 cm³/mol. The van der Waals surface area contributed by atoms with E-state index < -0.39 is 0 Å². The third-order valence-electron chi connectivity index (χ3n) is 4.88. The summed E-state index contributed by atoms with van der Waals surface area (Å²) in [6.07, 6.45) is 2.45. The summed E-state index contributed by atoms with van der Waals surface area (Å²) in [6.45, 7) is 2.05. The van der Waals surface area contributed by atoms with Crippen LogP contribution in [0.15, 0.2) is 51.3 Å². The number of thiophene rings is 2. The molecule has 0 aromatic carbocycles. The lowest BCUT2D eigenvalue weighted by molar-refractivity contribution is -0.132. The zero-order valence-corrected chi connectivity index (χ0v) is 16.5. The molecule has 1 saturated heterocycles. The number of likely N-dealkylation sites (tertiary alicyclic amines) is 1. The van der Waals surface area contributed by atoms with Crippen molar-refractivity contribution < 1.29 is 4.79 Å². The van der Waals surface area contributed by atoms with Crippen LogP contribution in [0.4, 0.5) is 0 Å². The van der Waals surface area contributed by atoms with Crippen LogP contribution in [-0.2, 0) is 17.8 Å². The van der Waals surface area contributed by atoms with Crippen LogP contribution in [0.2, 0.25) is 0 Å². The van der Waals surface area contributed by atoms with Gasteiger partial charge in [0.2, 0.25) is 5.91 Å². The molecule has 3 aromatic heterocycles. The van der Waals surface area contributed by atoms with Gasteiger partial charge < -0.3 is 4.90 Å². The lowest BCUT2D eigenvalue weighted by Crippen LogP contribution is -2.42. The fraction of sp³-hybridized carbons (Fsp3) is 0.350. The molecule has 27 heavy (non-hydrogen) atoms. The molecule has 1 aliphatic heterocycles. The summed E-state index contributed by atoms with van der Waals surface area (Å²) < 4.78 is 1.56. The van der Waals surface area contributed by atoms with Crippen molar-refractivity contribution >= 4 is 28.6 Å². The van der Waals surface area contributed by atoms with Crippen LogP contribution >= 0.6 is 22.7 Å². The number of piperidine rings is 1. The molecule has 3 aromatic rings. The van der Waals surface area contributed by atoms with E-state index in [0.29, 0.717) is 19.5 Å². The van der Waals surface area contributed by atoms with Crippen molar-refractivity contribution in [3.05, 3.63) is 62.4 Å². The third-order valence-corrected chi connectivity index (χ3v) is 6.50. The molecule has 1 aliphatic rings. The molecule has 4 rings (SSSR count). The first-order chi connectivity index (χ1) is 13.2. The molecule has 7 heteroatoms. The first-order valence-electron chi connectivity index (χ1n) is 9.10. The van der Waals surface area contributed by atoms with Gasteiger partial charge in [-0.15, -0.1) is 11.3 Å². The summed E-state index contributed by atoms with van der Waals surface area (Å²) in [5.41, 5.74) is 1.82. The van der Waals surface area contributed by atoms with Gasteiger partial charge in [-0.2, -0.15) is 16.4 Å². The Kier molecular flexibility index (Phi) is 5.50. The molecular weight excluding hydrogens is 378 g/mol. The van der Waals surface area contributed by atoms with E-state index in [2.05, 4.69) is 5.10 Å². The Morgan fingerprint density at radius 3 is 2.93 bits per heavy atom. The Hall–Kier alpha value is -2.25. The SMILES string of the molecule is O=C(Cc1ccsc1)N1CCC[C@@H](Cn2nc(-c3cccs3)ccc2=O)C1. The topological polar surface area (TPSA) is 55.2 Å². The predicted octanol–water partition coefficient (Wildman–Crippen LogP) is 3.51. The van der Waals surface area contributed by atoms with E-state index in [-0.39, 0.29) is 17.4 Å². The second-order valence-electron chi connectivity index (χ2n) is 6.87. The lowest BCUT2D eigenvalue weighted by atomic mass is 9.97. The monoisotopic (exact) mass is 399 g/mol. The van der Waals surface area contributed by atoms with Gasteiger partial charge in [0.05, 0.1) is 11.3 Å². The smallest absolute Gasteiger partial charge is 0.266 e. The second kappa shape index (κ2) is 8.19. The molecule has 1 amide bonds. The lowest BCUT2D eigenvalue weighted by Gasteiger charge is -2.33. The van der Waals surface area contributed by atoms with Gasteiger partial charge in [-0.1, -0.05) is 6.07 Å². The maximum Gasteiger partial charge on any atom is 0.266 e. The van der Waals surface area contributed by atoms with Gasteiger partial charge in [-0.05, 0) is 58.7 Å². The number of rotatable bonds is 5. The van der Waals surface area contributed by atoms with Crippen molar-refractivity contribution in [2.75, 3.05) is 13.1 Å². The Labute approximate surface area is 165 Å². The van der Waals surface area contributed by atoms with E-state index in [1.54, 1.807) is 39.5 Å². The fourth-order valence-corrected chi connectivity index (χ4v) is 4.86. The molecule has 0 saturated carbocycles. The molecule has 0 unspecified atom stereocenters. The van der Waals surface area contributed by atoms with Crippen LogP contribution < -0.4 is 5.56 Å². The van der Waals surface area contributed by atoms with Crippen LogP contribution in [0.1, 0.15) is 18.4 Å². The number of amides is 1. The van der Waals surface area contributed by atoms with Crippen molar-refractivity contribution in [1.29, 1.82) is 0 Å². The molecule has 4 heterocycles. The fourth-order valence-electron chi connectivity index (χ4n) is 3.50. The molecular formula is C20H21N3O2S2. The zero-order chi connectivity index (χ0) is 18.6. The van der Waals surface area contributed by atoms with E-state index in [9.17, 15) is 9.59 Å². The second-order valence-corrected chi connectivity index (χ2v) is 8.60. The van der Waals surface area contributed by atoms with Gasteiger partial charge in [0.25, 0.3) is 5.56 Å². The van der Waals surface area contributed by atoms with E-state index in [1.165, 1.54) is 0 Å². The van der Waals surface area contributed by atoms with Gasteiger partial charge in [-0.25, -0.2) is 4.68 Å². The van der Waals surface area contributed by atoms with Gasteiger partial charge in [0.15, 0.2) is 0 Å². The Morgan fingerprint density at radius 2 is 2.15 bits per heavy atom. The highest BCUT2D eigenvalue weighted by Crippen LogP contribution is 2.22. The number of aromatic nitrogens is 2. The largest absolute Gasteiger partial charge is 0.342 e. The molecule has 0 aliphatic carbocycles. The van der Waals surface area contributed by atoms with Crippen LogP contribution in [0.3, 0.4) is 0 Å². The Morgan fingerprint density at radius 1 is 1.22 bits per heavy atom. The molecule has 140 valence electrons. The van der Waals surface area contributed by atoms with Crippen molar-refractivity contribution in [3.63, 3.8) is 0 Å². The van der Waals surface area contributed by atoms with Crippen LogP contribution in [0.5, 0.6) is 0 Å². The van der Waals surface area contributed by atoms with E-state index in [4.69, 9.17) is 0 Å². The highest BCUT2D eigenvalue weighted by molar-refractivity contribution is 7.13. The summed E-state index contributed by atoms with van der Waals surface area (Å²) in [5, 5.41) is 10.6. The maximum absolute atomic E-state index is 12.6. The standard InChI is InChI=1S/C20H21N3O2S2/c24-19-6-5-17(18-4-2-9-27-18)21-23(19)13-16-3-1-8-22(12-16)20(25)11-15-7-10-26-14-15/h2,4-7,9-10,14,16H,1,3,8,11-13H2/t16-/m1/s1. The summed E-state index contributed by atoms with van der Waals surface area (Å²) in [4.78, 5) is 27.9. The molecule has 0 bridgehead atoms. The van der Waals surface area contributed by atoms with Crippen molar-refractivity contribution in [2.45, 2.75) is 25.8 Å². The highest BCUT2D eigenvalue weighted by atomic mass is 32.1. The van der Waals surface area contributed by atoms with Gasteiger partial charge in [0, 0.05) is 25.7 Å². The summed E-state index contributed by atoms with van der Waals surface area (Å²) in [7, 11) is 0. The minimum atomic E-state index is -0.0861. The molecule has 0 radical (unpaired) electrons. The van der Waals surface area contributed by atoms with E-state index in [0.717, 1.165) is 35.5 Å². The minimum Gasteiger partial charge on any atom is -0.342 e. The quantitative estimate of drug-likeness (QED) is 0.660. The van der Waals surface area contributed by atoms with Gasteiger partial charge in [-0.3, -0.25) is 9.59 Å². The number of hydrogen-bond donors (Lipinski definition) is 0. The maximum atomic E-state index is 12.6. The summed E-state index contributed by atoms with van der Waals surface area (Å²) in [6, 6.07) is 9.36. The number of hydrogen-bond acceptors (Lipinski definition) is 5. The molecule has 5 nitrogen and oxygen atoms in total. The van der Waals surface area contributed by atoms with Gasteiger partial charge >= 0.3 is 0 Å². The summed E-state index contributed by atoms with van der Waals surface area (Å²) in [5.74, 6) is 0.430. The zero-order valence-electron chi connectivity index (χ0n) is 14.9. The number of carbonyl (C=O) groups is 1. The Balaban J connectivity index is 1.44. The third kappa shape index (κ3) is 4.36. The average molecular weight is 400 g/mol. The van der Waals surface area contributed by atoms with Crippen molar-refractivity contribution in [2.24, 2.45) is 5.92 Å².